The molecule has 5 rings (SSSR count). The maximum atomic E-state index is 13.4. The first kappa shape index (κ1) is 20.1. The molecular weight excluding hydrogens is 393 g/mol. The van der Waals surface area contributed by atoms with Gasteiger partial charge in [-0.2, -0.15) is 0 Å². The molecule has 0 aliphatic carbocycles. The number of hydrogen-bond donors (Lipinski definition) is 1. The molecule has 0 radical (unpaired) electrons. The summed E-state index contributed by atoms with van der Waals surface area (Å²) >= 11 is 0. The predicted octanol–water partition coefficient (Wildman–Crippen LogP) is 4.25. The Morgan fingerprint density at radius 3 is 3.03 bits per heavy atom. The number of anilines is 1. The highest BCUT2D eigenvalue weighted by Crippen LogP contribution is 2.38. The van der Waals surface area contributed by atoms with Crippen molar-refractivity contribution in [2.75, 3.05) is 37.7 Å². The molecule has 0 spiro atoms. The highest BCUT2D eigenvalue weighted by atomic mass is 19.1. The van der Waals surface area contributed by atoms with Crippen LogP contribution in [-0.4, -0.2) is 43.9 Å². The van der Waals surface area contributed by atoms with Crippen molar-refractivity contribution in [3.63, 3.8) is 0 Å². The number of ether oxygens (including phenoxy) is 2. The average Bonchev–Trinajstić information content (AvgIpc) is 3.17. The van der Waals surface area contributed by atoms with Gasteiger partial charge in [-0.15, -0.1) is 0 Å². The molecule has 0 saturated heterocycles. The largest absolute Gasteiger partial charge is 0.486 e. The van der Waals surface area contributed by atoms with Crippen LogP contribution >= 0.6 is 0 Å². The maximum Gasteiger partial charge on any atom is 0.171 e. The van der Waals surface area contributed by atoms with E-state index in [0.717, 1.165) is 79.1 Å². The fourth-order valence-corrected chi connectivity index (χ4v) is 4.46. The van der Waals surface area contributed by atoms with Crippen LogP contribution in [0.4, 0.5) is 10.1 Å². The first-order chi connectivity index (χ1) is 15.2. The molecule has 0 saturated carbocycles. The summed E-state index contributed by atoms with van der Waals surface area (Å²) in [6, 6.07) is 13.1. The van der Waals surface area contributed by atoms with Crippen LogP contribution in [0.5, 0.6) is 11.5 Å². The number of aryl methyl sites for hydroxylation is 1. The zero-order chi connectivity index (χ0) is 21.2. The van der Waals surface area contributed by atoms with Crippen molar-refractivity contribution >= 4 is 16.6 Å². The Labute approximate surface area is 182 Å². The maximum absolute atomic E-state index is 13.4. The van der Waals surface area contributed by atoms with Crippen molar-refractivity contribution in [3.05, 3.63) is 59.5 Å². The summed E-state index contributed by atoms with van der Waals surface area (Å²) in [5.74, 6) is 1.45. The number of pyridine rings is 1. The van der Waals surface area contributed by atoms with E-state index in [-0.39, 0.29) is 11.9 Å². The normalized spacial score (nSPS) is 17.2. The van der Waals surface area contributed by atoms with Gasteiger partial charge in [0.05, 0.1) is 5.52 Å². The zero-order valence-corrected chi connectivity index (χ0v) is 17.9. The molecular formula is C25H28FN3O2. The second-order valence-corrected chi connectivity index (χ2v) is 8.38. The summed E-state index contributed by atoms with van der Waals surface area (Å²) in [6.45, 7) is 6.22. The van der Waals surface area contributed by atoms with Crippen molar-refractivity contribution in [3.8, 4) is 11.5 Å². The molecule has 0 fully saturated rings. The van der Waals surface area contributed by atoms with Gasteiger partial charge in [-0.3, -0.25) is 4.98 Å². The lowest BCUT2D eigenvalue weighted by Gasteiger charge is -2.27. The van der Waals surface area contributed by atoms with Gasteiger partial charge in [-0.05, 0) is 80.8 Å². The number of nitrogens with one attached hydrogen (secondary N) is 1. The Morgan fingerprint density at radius 1 is 1.16 bits per heavy atom. The summed E-state index contributed by atoms with van der Waals surface area (Å²) in [5, 5.41) is 4.51. The topological polar surface area (TPSA) is 46.6 Å². The van der Waals surface area contributed by atoms with Gasteiger partial charge in [-0.1, -0.05) is 0 Å². The molecule has 6 heteroatoms. The fraction of sp³-hybridized carbons (Fsp3) is 0.400. The predicted molar refractivity (Wildman–Crippen MR) is 121 cm³/mol. The fourth-order valence-electron chi connectivity index (χ4n) is 4.46. The van der Waals surface area contributed by atoms with Gasteiger partial charge in [0.15, 0.2) is 11.5 Å². The monoisotopic (exact) mass is 421 g/mol. The minimum Gasteiger partial charge on any atom is -0.486 e. The number of benzene rings is 2. The summed E-state index contributed by atoms with van der Waals surface area (Å²) in [4.78, 5) is 6.95. The summed E-state index contributed by atoms with van der Waals surface area (Å²) in [5.41, 5.74) is 4.25. The highest BCUT2D eigenvalue weighted by Gasteiger charge is 2.23. The molecule has 1 atom stereocenters. The Kier molecular flexibility index (Phi) is 5.64. The van der Waals surface area contributed by atoms with Crippen molar-refractivity contribution in [2.45, 2.75) is 32.3 Å². The molecule has 0 amide bonds. The minimum atomic E-state index is -0.138. The van der Waals surface area contributed by atoms with Crippen molar-refractivity contribution in [2.24, 2.45) is 0 Å². The molecule has 0 unspecified atom stereocenters. The third-order valence-electron chi connectivity index (χ3n) is 6.07. The molecule has 3 aromatic rings. The van der Waals surface area contributed by atoms with Crippen LogP contribution in [0.1, 0.15) is 24.1 Å². The molecule has 1 N–H and O–H groups in total. The van der Waals surface area contributed by atoms with E-state index in [1.54, 1.807) is 12.1 Å². The first-order valence-electron chi connectivity index (χ1n) is 11.1. The molecule has 2 aliphatic rings. The smallest absolute Gasteiger partial charge is 0.171 e. The Bertz CT molecular complexity index is 1090. The molecule has 1 aromatic heterocycles. The van der Waals surface area contributed by atoms with Crippen molar-refractivity contribution in [1.82, 2.24) is 10.3 Å². The van der Waals surface area contributed by atoms with E-state index in [0.29, 0.717) is 6.61 Å². The van der Waals surface area contributed by atoms with E-state index >= 15 is 0 Å². The van der Waals surface area contributed by atoms with Crippen LogP contribution in [0.3, 0.4) is 0 Å². The van der Waals surface area contributed by atoms with Gasteiger partial charge in [-0.25, -0.2) is 4.39 Å². The number of unbranched alkanes of at least 4 members (excludes halogenated alkanes) is 1. The van der Waals surface area contributed by atoms with E-state index in [1.807, 2.05) is 31.2 Å². The second kappa shape index (κ2) is 8.71. The van der Waals surface area contributed by atoms with Gasteiger partial charge in [0.2, 0.25) is 0 Å². The Hall–Kier alpha value is -2.86. The molecule has 2 aromatic carbocycles. The SMILES string of the molecule is Cc1ccc2c3c(ccc2n1)OC[C@H](CNCCCCN1CCc2cc(F)ccc21)O3. The minimum absolute atomic E-state index is 0.0141. The third kappa shape index (κ3) is 4.30. The number of hydrogen-bond acceptors (Lipinski definition) is 5. The van der Waals surface area contributed by atoms with Crippen LogP contribution < -0.4 is 19.7 Å². The number of rotatable bonds is 7. The Balaban J connectivity index is 1.07. The number of fused-ring (bicyclic) bond motifs is 4. The lowest BCUT2D eigenvalue weighted by Crippen LogP contribution is -2.39. The van der Waals surface area contributed by atoms with Gasteiger partial charge in [0.25, 0.3) is 0 Å². The zero-order valence-electron chi connectivity index (χ0n) is 17.9. The van der Waals surface area contributed by atoms with Crippen LogP contribution in [0.2, 0.25) is 0 Å². The van der Waals surface area contributed by atoms with Crippen LogP contribution in [-0.2, 0) is 6.42 Å². The van der Waals surface area contributed by atoms with Gasteiger partial charge in [0.1, 0.15) is 18.5 Å². The Morgan fingerprint density at radius 2 is 2.10 bits per heavy atom. The lowest BCUT2D eigenvalue weighted by molar-refractivity contribution is 0.0925. The van der Waals surface area contributed by atoms with Crippen LogP contribution in [0, 0.1) is 12.7 Å². The van der Waals surface area contributed by atoms with E-state index < -0.39 is 0 Å². The van der Waals surface area contributed by atoms with E-state index in [2.05, 4.69) is 21.3 Å². The molecule has 3 heterocycles. The van der Waals surface area contributed by atoms with Gasteiger partial charge in [0, 0.05) is 36.4 Å². The second-order valence-electron chi connectivity index (χ2n) is 8.38. The highest BCUT2D eigenvalue weighted by molar-refractivity contribution is 5.88. The summed E-state index contributed by atoms with van der Waals surface area (Å²) < 4.78 is 25.6. The number of halogens is 1. The number of aromatic nitrogens is 1. The van der Waals surface area contributed by atoms with Crippen molar-refractivity contribution in [1.29, 1.82) is 0 Å². The summed E-state index contributed by atoms with van der Waals surface area (Å²) in [7, 11) is 0. The number of nitrogens with zero attached hydrogens (tertiary/aromatic N) is 2. The quantitative estimate of drug-likeness (QED) is 0.578. The van der Waals surface area contributed by atoms with E-state index in [1.165, 1.54) is 5.69 Å². The summed E-state index contributed by atoms with van der Waals surface area (Å²) in [6.07, 6.45) is 3.11. The molecule has 162 valence electrons. The first-order valence-corrected chi connectivity index (χ1v) is 11.1. The van der Waals surface area contributed by atoms with Gasteiger partial charge >= 0.3 is 0 Å². The van der Waals surface area contributed by atoms with Gasteiger partial charge < -0.3 is 19.7 Å². The van der Waals surface area contributed by atoms with E-state index in [4.69, 9.17) is 9.47 Å². The molecule has 31 heavy (non-hydrogen) atoms. The molecule has 5 nitrogen and oxygen atoms in total. The van der Waals surface area contributed by atoms with Crippen LogP contribution in [0.25, 0.3) is 10.9 Å². The molecule has 0 bridgehead atoms. The average molecular weight is 422 g/mol. The lowest BCUT2D eigenvalue weighted by atomic mass is 10.1. The van der Waals surface area contributed by atoms with Crippen molar-refractivity contribution < 1.29 is 13.9 Å². The standard InChI is InChI=1S/C25H28FN3O2/c1-17-4-6-21-22(28-17)7-9-24-25(21)31-20(16-30-24)15-27-11-2-3-12-29-13-10-18-14-19(26)5-8-23(18)29/h4-9,14,20,27H,2-3,10-13,15-16H2,1H3/t20-/m0/s1. The third-order valence-corrected chi connectivity index (χ3v) is 6.07. The van der Waals surface area contributed by atoms with Crippen LogP contribution in [0.15, 0.2) is 42.5 Å². The molecule has 2 aliphatic heterocycles. The van der Waals surface area contributed by atoms with E-state index in [9.17, 15) is 4.39 Å².